The fourth-order valence-electron chi connectivity index (χ4n) is 1.02. The Kier molecular flexibility index (Phi) is 9.91. The van der Waals surface area contributed by atoms with E-state index in [1.165, 1.54) is 6.92 Å². The SMILES string of the molecule is CCCCCCC(C)P(=O)([O-])[O-].[Co+2]. The molecule has 1 atom stereocenters. The van der Waals surface area contributed by atoms with Gasteiger partial charge in [0.25, 0.3) is 0 Å². The molecule has 5 heteroatoms. The van der Waals surface area contributed by atoms with Crippen molar-refractivity contribution in [3.05, 3.63) is 0 Å². The minimum absolute atomic E-state index is 0. The molecule has 1 radical (unpaired) electrons. The van der Waals surface area contributed by atoms with Gasteiger partial charge in [-0.25, -0.2) is 0 Å². The molecule has 0 amide bonds. The Labute approximate surface area is 90.7 Å². The predicted molar refractivity (Wildman–Crippen MR) is 45.8 cm³/mol. The molecule has 0 saturated heterocycles. The molecular weight excluding hydrogens is 234 g/mol. The first kappa shape index (κ1) is 16.1. The van der Waals surface area contributed by atoms with Crippen molar-refractivity contribution in [1.82, 2.24) is 0 Å². The minimum Gasteiger partial charge on any atom is -0.811 e. The molecule has 0 rings (SSSR count). The third-order valence-corrected chi connectivity index (χ3v) is 3.35. The van der Waals surface area contributed by atoms with Crippen molar-refractivity contribution in [3.8, 4) is 0 Å². The van der Waals surface area contributed by atoms with Gasteiger partial charge in [-0.15, -0.1) is 0 Å². The molecule has 0 N–H and O–H groups in total. The van der Waals surface area contributed by atoms with E-state index in [1.807, 2.05) is 0 Å². The molecule has 1 unspecified atom stereocenters. The topological polar surface area (TPSA) is 63.2 Å². The van der Waals surface area contributed by atoms with Gasteiger partial charge in [-0.1, -0.05) is 47.1 Å². The Balaban J connectivity index is 0. The van der Waals surface area contributed by atoms with E-state index in [0.29, 0.717) is 6.42 Å². The first-order chi connectivity index (χ1) is 5.48. The van der Waals surface area contributed by atoms with Gasteiger partial charge in [0.2, 0.25) is 0 Å². The Morgan fingerprint density at radius 3 is 2.15 bits per heavy atom. The Morgan fingerprint density at radius 1 is 1.23 bits per heavy atom. The molecular formula is C8H17CoO3P. The van der Waals surface area contributed by atoms with E-state index in [1.54, 1.807) is 0 Å². The van der Waals surface area contributed by atoms with Crippen molar-refractivity contribution in [2.75, 3.05) is 0 Å². The van der Waals surface area contributed by atoms with Crippen LogP contribution in [-0.2, 0) is 21.3 Å². The fourth-order valence-corrected chi connectivity index (χ4v) is 1.52. The summed E-state index contributed by atoms with van der Waals surface area (Å²) in [6.07, 6.45) is 4.64. The Bertz CT molecular complexity index is 157. The molecule has 0 aliphatic carbocycles. The molecule has 0 bridgehead atoms. The second-order valence-corrected chi connectivity index (χ2v) is 5.20. The van der Waals surface area contributed by atoms with E-state index in [2.05, 4.69) is 6.92 Å². The normalized spacial score (nSPS) is 13.5. The van der Waals surface area contributed by atoms with E-state index >= 15 is 0 Å². The second-order valence-electron chi connectivity index (χ2n) is 3.24. The van der Waals surface area contributed by atoms with Crippen molar-refractivity contribution in [1.29, 1.82) is 0 Å². The van der Waals surface area contributed by atoms with Crippen LogP contribution in [0.5, 0.6) is 0 Å². The summed E-state index contributed by atoms with van der Waals surface area (Å²) in [5, 5.41) is 0. The van der Waals surface area contributed by atoms with Gasteiger partial charge >= 0.3 is 16.8 Å². The van der Waals surface area contributed by atoms with E-state index in [4.69, 9.17) is 0 Å². The van der Waals surface area contributed by atoms with Gasteiger partial charge in [0, 0.05) is 0 Å². The van der Waals surface area contributed by atoms with Crippen LogP contribution in [0.4, 0.5) is 0 Å². The summed E-state index contributed by atoms with van der Waals surface area (Å²) in [4.78, 5) is 20.9. The molecule has 0 aromatic rings. The van der Waals surface area contributed by atoms with Crippen LogP contribution in [0.3, 0.4) is 0 Å². The van der Waals surface area contributed by atoms with E-state index in [0.717, 1.165) is 25.7 Å². The second kappa shape index (κ2) is 8.01. The molecule has 0 aliphatic heterocycles. The quantitative estimate of drug-likeness (QED) is 0.527. The van der Waals surface area contributed by atoms with Gasteiger partial charge in [-0.05, 0) is 12.1 Å². The maximum Gasteiger partial charge on any atom is 2.00 e. The third-order valence-electron chi connectivity index (χ3n) is 2.02. The van der Waals surface area contributed by atoms with Crippen LogP contribution in [0.1, 0.15) is 46.0 Å². The van der Waals surface area contributed by atoms with Crippen molar-refractivity contribution < 1.29 is 31.1 Å². The molecule has 81 valence electrons. The van der Waals surface area contributed by atoms with Gasteiger partial charge in [-0.3, -0.25) is 0 Å². The van der Waals surface area contributed by atoms with E-state index in [-0.39, 0.29) is 16.8 Å². The minimum atomic E-state index is -4.31. The number of hydrogen-bond donors (Lipinski definition) is 0. The summed E-state index contributed by atoms with van der Waals surface area (Å²) in [6, 6.07) is 0. The average Bonchev–Trinajstić information content (AvgIpc) is 1.96. The summed E-state index contributed by atoms with van der Waals surface area (Å²) in [5.41, 5.74) is -0.686. The van der Waals surface area contributed by atoms with Crippen molar-refractivity contribution in [2.45, 2.75) is 51.6 Å². The Hall–Kier alpha value is 0.656. The van der Waals surface area contributed by atoms with Gasteiger partial charge in [0.15, 0.2) is 0 Å². The largest absolute Gasteiger partial charge is 2.00 e. The summed E-state index contributed by atoms with van der Waals surface area (Å²) in [7, 11) is -4.31. The fraction of sp³-hybridized carbons (Fsp3) is 1.00. The van der Waals surface area contributed by atoms with Crippen LogP contribution in [0.2, 0.25) is 0 Å². The van der Waals surface area contributed by atoms with Crippen LogP contribution in [-0.4, -0.2) is 5.66 Å². The Morgan fingerprint density at radius 2 is 1.77 bits per heavy atom. The maximum absolute atomic E-state index is 10.5. The van der Waals surface area contributed by atoms with Crippen molar-refractivity contribution >= 4 is 7.60 Å². The molecule has 0 aromatic heterocycles. The zero-order chi connectivity index (χ0) is 9.61. The zero-order valence-corrected chi connectivity index (χ0v) is 10.1. The molecule has 3 nitrogen and oxygen atoms in total. The molecule has 0 heterocycles. The molecule has 13 heavy (non-hydrogen) atoms. The van der Waals surface area contributed by atoms with Gasteiger partial charge in [0.1, 0.15) is 0 Å². The predicted octanol–water partition coefficient (Wildman–Crippen LogP) is 1.26. The maximum atomic E-state index is 10.5. The van der Waals surface area contributed by atoms with E-state index < -0.39 is 13.3 Å². The molecule has 0 saturated carbocycles. The number of rotatable bonds is 6. The van der Waals surface area contributed by atoms with E-state index in [9.17, 15) is 14.4 Å². The van der Waals surface area contributed by atoms with Gasteiger partial charge in [-0.2, -0.15) is 0 Å². The average molecular weight is 251 g/mol. The molecule has 0 fully saturated rings. The third kappa shape index (κ3) is 8.97. The summed E-state index contributed by atoms with van der Waals surface area (Å²) < 4.78 is 10.5. The number of hydrogen-bond acceptors (Lipinski definition) is 3. The molecule has 0 aromatic carbocycles. The summed E-state index contributed by atoms with van der Waals surface area (Å²) >= 11 is 0. The standard InChI is InChI=1S/C8H19O3P.Co/c1-3-4-5-6-7-8(2)12(9,10)11;/h8H,3-7H2,1-2H3,(H2,9,10,11);/q;+2/p-2. The summed E-state index contributed by atoms with van der Waals surface area (Å²) in [6.45, 7) is 3.59. The monoisotopic (exact) mass is 251 g/mol. The molecule has 0 spiro atoms. The number of unbranched alkanes of at least 4 members (excludes halogenated alkanes) is 3. The van der Waals surface area contributed by atoms with Crippen LogP contribution in [0.15, 0.2) is 0 Å². The summed E-state index contributed by atoms with van der Waals surface area (Å²) in [5.74, 6) is 0. The van der Waals surface area contributed by atoms with Crippen LogP contribution < -0.4 is 9.79 Å². The molecule has 0 aliphatic rings. The van der Waals surface area contributed by atoms with Crippen LogP contribution >= 0.6 is 7.60 Å². The van der Waals surface area contributed by atoms with Gasteiger partial charge in [0.05, 0.1) is 0 Å². The van der Waals surface area contributed by atoms with Crippen molar-refractivity contribution in [2.24, 2.45) is 0 Å². The van der Waals surface area contributed by atoms with Crippen LogP contribution in [0, 0.1) is 0 Å². The first-order valence-corrected chi connectivity index (χ1v) is 6.11. The zero-order valence-electron chi connectivity index (χ0n) is 8.12. The first-order valence-electron chi connectivity index (χ1n) is 4.50. The smallest absolute Gasteiger partial charge is 0.811 e. The van der Waals surface area contributed by atoms with Crippen LogP contribution in [0.25, 0.3) is 0 Å². The van der Waals surface area contributed by atoms with Crippen molar-refractivity contribution in [3.63, 3.8) is 0 Å². The van der Waals surface area contributed by atoms with Gasteiger partial charge < -0.3 is 14.4 Å².